The summed E-state index contributed by atoms with van der Waals surface area (Å²) in [5.41, 5.74) is 0.847. The molecule has 0 aromatic heterocycles. The number of anilines is 1. The van der Waals surface area contributed by atoms with Crippen LogP contribution in [0.25, 0.3) is 0 Å². The van der Waals surface area contributed by atoms with E-state index < -0.39 is 10.8 Å². The van der Waals surface area contributed by atoms with Gasteiger partial charge in [-0.3, -0.25) is 14.9 Å². The van der Waals surface area contributed by atoms with Gasteiger partial charge in [-0.1, -0.05) is 6.07 Å². The molecule has 1 N–H and O–H groups in total. The summed E-state index contributed by atoms with van der Waals surface area (Å²) in [7, 11) is 4.36. The van der Waals surface area contributed by atoms with Gasteiger partial charge in [0.25, 0.3) is 11.6 Å². The van der Waals surface area contributed by atoms with Gasteiger partial charge in [0.15, 0.2) is 11.5 Å². The van der Waals surface area contributed by atoms with E-state index in [0.29, 0.717) is 28.5 Å². The zero-order valence-corrected chi connectivity index (χ0v) is 14.3. The Balaban J connectivity index is 2.42. The highest BCUT2D eigenvalue weighted by Gasteiger charge is 2.20. The van der Waals surface area contributed by atoms with Crippen LogP contribution in [0, 0.1) is 17.0 Å². The smallest absolute Gasteiger partial charge is 0.274 e. The molecule has 2 aromatic carbocycles. The van der Waals surface area contributed by atoms with Crippen LogP contribution in [-0.4, -0.2) is 32.2 Å². The van der Waals surface area contributed by atoms with Gasteiger partial charge in [-0.2, -0.15) is 0 Å². The van der Waals surface area contributed by atoms with Crippen molar-refractivity contribution in [3.05, 3.63) is 51.6 Å². The van der Waals surface area contributed by atoms with Crippen LogP contribution in [0.5, 0.6) is 17.2 Å². The van der Waals surface area contributed by atoms with Crippen molar-refractivity contribution in [3.8, 4) is 17.2 Å². The molecule has 8 nitrogen and oxygen atoms in total. The van der Waals surface area contributed by atoms with Crippen LogP contribution < -0.4 is 19.5 Å². The monoisotopic (exact) mass is 346 g/mol. The molecule has 2 rings (SSSR count). The van der Waals surface area contributed by atoms with Crippen molar-refractivity contribution in [2.24, 2.45) is 0 Å². The first-order valence-corrected chi connectivity index (χ1v) is 7.28. The van der Waals surface area contributed by atoms with Gasteiger partial charge >= 0.3 is 0 Å². The number of carbonyl (C=O) groups is 1. The van der Waals surface area contributed by atoms with Crippen molar-refractivity contribution in [1.29, 1.82) is 0 Å². The highest BCUT2D eigenvalue weighted by molar-refractivity contribution is 6.07. The predicted octanol–water partition coefficient (Wildman–Crippen LogP) is 3.18. The second-order valence-electron chi connectivity index (χ2n) is 5.07. The number of hydrogen-bond acceptors (Lipinski definition) is 6. The zero-order valence-electron chi connectivity index (χ0n) is 14.3. The number of nitro groups is 1. The minimum Gasteiger partial charge on any atom is -0.496 e. The van der Waals surface area contributed by atoms with Crippen molar-refractivity contribution in [3.63, 3.8) is 0 Å². The van der Waals surface area contributed by atoms with Crippen molar-refractivity contribution in [2.45, 2.75) is 6.92 Å². The summed E-state index contributed by atoms with van der Waals surface area (Å²) in [5, 5.41) is 13.7. The average molecular weight is 346 g/mol. The lowest BCUT2D eigenvalue weighted by Gasteiger charge is -2.14. The van der Waals surface area contributed by atoms with Crippen LogP contribution in [-0.2, 0) is 0 Å². The Morgan fingerprint density at radius 1 is 1.04 bits per heavy atom. The Morgan fingerprint density at radius 2 is 1.64 bits per heavy atom. The molecule has 0 saturated heterocycles. The molecule has 0 heterocycles. The zero-order chi connectivity index (χ0) is 18.6. The Bertz CT molecular complexity index is 819. The van der Waals surface area contributed by atoms with E-state index in [2.05, 4.69) is 5.32 Å². The molecule has 0 bridgehead atoms. The van der Waals surface area contributed by atoms with Crippen molar-refractivity contribution in [2.75, 3.05) is 26.6 Å². The van der Waals surface area contributed by atoms with Crippen molar-refractivity contribution < 1.29 is 23.9 Å². The molecule has 0 aliphatic rings. The molecule has 0 atom stereocenters. The lowest BCUT2D eigenvalue weighted by atomic mass is 10.1. The van der Waals surface area contributed by atoms with E-state index in [0.717, 1.165) is 0 Å². The first kappa shape index (κ1) is 18.1. The van der Waals surface area contributed by atoms with Crippen LogP contribution in [0.2, 0.25) is 0 Å². The second-order valence-corrected chi connectivity index (χ2v) is 5.07. The van der Waals surface area contributed by atoms with Gasteiger partial charge in [-0.15, -0.1) is 0 Å². The summed E-state index contributed by atoms with van der Waals surface area (Å²) in [6.45, 7) is 1.57. The standard InChI is InChI=1S/C17H18N2O6/c1-10-12(6-5-7-13(10)19(21)22)18-17(20)11-8-15(24-3)16(25-4)9-14(11)23-2/h5-9H,1-4H3,(H,18,20). The molecule has 2 aromatic rings. The van der Waals surface area contributed by atoms with Gasteiger partial charge in [-0.05, 0) is 13.0 Å². The van der Waals surface area contributed by atoms with E-state index in [-0.39, 0.29) is 11.3 Å². The van der Waals surface area contributed by atoms with Gasteiger partial charge in [0, 0.05) is 18.2 Å². The fraction of sp³-hybridized carbons (Fsp3) is 0.235. The summed E-state index contributed by atoms with van der Waals surface area (Å²) in [5.74, 6) is 0.589. The fourth-order valence-corrected chi connectivity index (χ4v) is 2.35. The summed E-state index contributed by atoms with van der Waals surface area (Å²) < 4.78 is 15.6. The van der Waals surface area contributed by atoms with Gasteiger partial charge in [0.2, 0.25) is 0 Å². The SMILES string of the molecule is COc1cc(OC)c(C(=O)Nc2cccc([N+](=O)[O-])c2C)cc1OC. The minimum absolute atomic E-state index is 0.0722. The van der Waals surface area contributed by atoms with Crippen LogP contribution in [0.3, 0.4) is 0 Å². The number of rotatable bonds is 6. The first-order chi connectivity index (χ1) is 11.9. The molecule has 0 fully saturated rings. The highest BCUT2D eigenvalue weighted by Crippen LogP contribution is 2.35. The second kappa shape index (κ2) is 7.52. The summed E-state index contributed by atoms with van der Waals surface area (Å²) in [6.07, 6.45) is 0. The van der Waals surface area contributed by atoms with E-state index >= 15 is 0 Å². The molecule has 0 radical (unpaired) electrons. The lowest BCUT2D eigenvalue weighted by molar-refractivity contribution is -0.385. The maximum Gasteiger partial charge on any atom is 0.274 e. The Hall–Kier alpha value is -3.29. The lowest BCUT2D eigenvalue weighted by Crippen LogP contribution is -2.15. The Labute approximate surface area is 144 Å². The molecule has 132 valence electrons. The first-order valence-electron chi connectivity index (χ1n) is 7.28. The number of benzene rings is 2. The summed E-state index contributed by atoms with van der Waals surface area (Å²) in [6, 6.07) is 7.50. The molecule has 1 amide bonds. The number of hydrogen-bond donors (Lipinski definition) is 1. The van der Waals surface area contributed by atoms with Gasteiger partial charge in [0.1, 0.15) is 5.75 Å². The van der Waals surface area contributed by atoms with E-state index in [1.54, 1.807) is 13.0 Å². The van der Waals surface area contributed by atoms with E-state index in [4.69, 9.17) is 14.2 Å². The van der Waals surface area contributed by atoms with Crippen molar-refractivity contribution in [1.82, 2.24) is 0 Å². The molecular weight excluding hydrogens is 328 g/mol. The molecule has 25 heavy (non-hydrogen) atoms. The average Bonchev–Trinajstić information content (AvgIpc) is 2.61. The minimum atomic E-state index is -0.498. The third-order valence-electron chi connectivity index (χ3n) is 3.70. The maximum atomic E-state index is 12.6. The number of carbonyl (C=O) groups excluding carboxylic acids is 1. The molecule has 8 heteroatoms. The highest BCUT2D eigenvalue weighted by atomic mass is 16.6. The van der Waals surface area contributed by atoms with Crippen LogP contribution in [0.15, 0.2) is 30.3 Å². The van der Waals surface area contributed by atoms with Crippen LogP contribution in [0.4, 0.5) is 11.4 Å². The number of methoxy groups -OCH3 is 3. The van der Waals surface area contributed by atoms with E-state index in [1.807, 2.05) is 0 Å². The van der Waals surface area contributed by atoms with Crippen LogP contribution >= 0.6 is 0 Å². The van der Waals surface area contributed by atoms with E-state index in [9.17, 15) is 14.9 Å². The predicted molar refractivity (Wildman–Crippen MR) is 91.9 cm³/mol. The van der Waals surface area contributed by atoms with Gasteiger partial charge in [-0.25, -0.2) is 0 Å². The van der Waals surface area contributed by atoms with Crippen molar-refractivity contribution >= 4 is 17.3 Å². The molecule has 0 aliphatic heterocycles. The normalized spacial score (nSPS) is 10.1. The third kappa shape index (κ3) is 3.63. The fourth-order valence-electron chi connectivity index (χ4n) is 2.35. The number of ether oxygens (including phenoxy) is 3. The Kier molecular flexibility index (Phi) is 5.43. The topological polar surface area (TPSA) is 99.9 Å². The maximum absolute atomic E-state index is 12.6. The van der Waals surface area contributed by atoms with E-state index in [1.165, 1.54) is 45.6 Å². The molecule has 0 saturated carbocycles. The van der Waals surface area contributed by atoms with Gasteiger partial charge in [0.05, 0.1) is 43.1 Å². The molecule has 0 aliphatic carbocycles. The Morgan fingerprint density at radius 3 is 2.20 bits per heavy atom. The number of amides is 1. The third-order valence-corrected chi connectivity index (χ3v) is 3.70. The molecule has 0 unspecified atom stereocenters. The number of nitrogens with one attached hydrogen (secondary N) is 1. The quantitative estimate of drug-likeness (QED) is 0.637. The molecule has 0 spiro atoms. The van der Waals surface area contributed by atoms with Crippen LogP contribution in [0.1, 0.15) is 15.9 Å². The number of nitro benzene ring substituents is 1. The molecular formula is C17H18N2O6. The number of nitrogens with zero attached hydrogens (tertiary/aromatic N) is 1. The summed E-state index contributed by atoms with van der Waals surface area (Å²) >= 11 is 0. The largest absolute Gasteiger partial charge is 0.496 e. The summed E-state index contributed by atoms with van der Waals surface area (Å²) in [4.78, 5) is 23.2. The van der Waals surface area contributed by atoms with Gasteiger partial charge < -0.3 is 19.5 Å².